The Morgan fingerprint density at radius 1 is 0.842 bits per heavy atom. The van der Waals surface area contributed by atoms with Gasteiger partial charge in [-0.25, -0.2) is 4.68 Å². The Kier molecular flexibility index (Phi) is 3.11. The van der Waals surface area contributed by atoms with E-state index in [-0.39, 0.29) is 0 Å². The first kappa shape index (κ1) is 11.7. The zero-order valence-corrected chi connectivity index (χ0v) is 10.8. The van der Waals surface area contributed by atoms with E-state index in [0.717, 1.165) is 29.1 Å². The van der Waals surface area contributed by atoms with Crippen molar-refractivity contribution >= 4 is 0 Å². The summed E-state index contributed by atoms with van der Waals surface area (Å²) in [5.74, 6) is 0. The quantitative estimate of drug-likeness (QED) is 0.709. The highest BCUT2D eigenvalue weighted by molar-refractivity contribution is 5.77. The van der Waals surface area contributed by atoms with Gasteiger partial charge < -0.3 is 0 Å². The van der Waals surface area contributed by atoms with Gasteiger partial charge in [0.15, 0.2) is 0 Å². The van der Waals surface area contributed by atoms with Crippen LogP contribution in [0.3, 0.4) is 0 Å². The molecule has 0 amide bonds. The van der Waals surface area contributed by atoms with Crippen molar-refractivity contribution in [2.75, 3.05) is 0 Å². The Labute approximate surface area is 112 Å². The summed E-state index contributed by atoms with van der Waals surface area (Å²) >= 11 is 0. The maximum absolute atomic E-state index is 4.35. The summed E-state index contributed by atoms with van der Waals surface area (Å²) in [4.78, 5) is 0. The van der Waals surface area contributed by atoms with E-state index < -0.39 is 0 Å². The minimum atomic E-state index is 0.810. The summed E-state index contributed by atoms with van der Waals surface area (Å²) in [6, 6.07) is 20.5. The summed E-state index contributed by atoms with van der Waals surface area (Å²) in [6.45, 7) is 2.89. The van der Waals surface area contributed by atoms with Crippen molar-refractivity contribution in [1.29, 1.82) is 0 Å². The second-order valence-electron chi connectivity index (χ2n) is 4.33. The zero-order valence-electron chi connectivity index (χ0n) is 10.8. The van der Waals surface area contributed by atoms with Gasteiger partial charge in [0.1, 0.15) is 5.69 Å². The van der Waals surface area contributed by atoms with Crippen LogP contribution in [0.1, 0.15) is 6.92 Å². The number of nitrogens with zero attached hydrogens (tertiary/aromatic N) is 3. The van der Waals surface area contributed by atoms with E-state index in [2.05, 4.69) is 41.5 Å². The number of aryl methyl sites for hydroxylation is 1. The van der Waals surface area contributed by atoms with Crippen LogP contribution in [0.2, 0.25) is 0 Å². The highest BCUT2D eigenvalue weighted by atomic mass is 15.4. The Balaban J connectivity index is 2.20. The van der Waals surface area contributed by atoms with E-state index in [0.29, 0.717) is 0 Å². The standard InChI is InChI=1S/C16H15N3/c1-2-19-16(14-11-7-4-8-12-14)15(17-18-19)13-9-5-3-6-10-13/h3-12H,2H2,1H3. The van der Waals surface area contributed by atoms with E-state index in [1.807, 2.05) is 41.1 Å². The Morgan fingerprint density at radius 2 is 1.42 bits per heavy atom. The second kappa shape index (κ2) is 5.06. The predicted molar refractivity (Wildman–Crippen MR) is 76.6 cm³/mol. The molecule has 0 bridgehead atoms. The molecule has 3 aromatic rings. The third-order valence-corrected chi connectivity index (χ3v) is 3.13. The van der Waals surface area contributed by atoms with Crippen molar-refractivity contribution in [3.05, 3.63) is 60.7 Å². The molecule has 0 unspecified atom stereocenters. The van der Waals surface area contributed by atoms with E-state index in [1.54, 1.807) is 0 Å². The van der Waals surface area contributed by atoms with E-state index in [9.17, 15) is 0 Å². The van der Waals surface area contributed by atoms with Crippen LogP contribution in [0.5, 0.6) is 0 Å². The van der Waals surface area contributed by atoms with Gasteiger partial charge in [-0.3, -0.25) is 0 Å². The van der Waals surface area contributed by atoms with Crippen LogP contribution in [0, 0.1) is 0 Å². The zero-order chi connectivity index (χ0) is 13.1. The first-order chi connectivity index (χ1) is 9.40. The smallest absolute Gasteiger partial charge is 0.121 e. The van der Waals surface area contributed by atoms with Crippen molar-refractivity contribution in [3.63, 3.8) is 0 Å². The summed E-state index contributed by atoms with van der Waals surface area (Å²) in [5.41, 5.74) is 4.26. The molecule has 1 heterocycles. The second-order valence-corrected chi connectivity index (χ2v) is 4.33. The summed E-state index contributed by atoms with van der Waals surface area (Å²) in [5, 5.41) is 8.60. The SMILES string of the molecule is CCn1nnc(-c2ccccc2)c1-c1ccccc1. The number of hydrogen-bond acceptors (Lipinski definition) is 2. The lowest BCUT2D eigenvalue weighted by Gasteiger charge is -2.06. The van der Waals surface area contributed by atoms with Crippen LogP contribution < -0.4 is 0 Å². The highest BCUT2D eigenvalue weighted by Crippen LogP contribution is 2.29. The van der Waals surface area contributed by atoms with Gasteiger partial charge in [-0.15, -0.1) is 5.10 Å². The van der Waals surface area contributed by atoms with Gasteiger partial charge in [0.25, 0.3) is 0 Å². The van der Waals surface area contributed by atoms with Crippen LogP contribution in [-0.2, 0) is 6.54 Å². The molecule has 0 fully saturated rings. The van der Waals surface area contributed by atoms with Gasteiger partial charge in [0, 0.05) is 17.7 Å². The van der Waals surface area contributed by atoms with E-state index in [4.69, 9.17) is 0 Å². The topological polar surface area (TPSA) is 30.7 Å². The highest BCUT2D eigenvalue weighted by Gasteiger charge is 2.14. The first-order valence-corrected chi connectivity index (χ1v) is 6.44. The molecular formula is C16H15N3. The molecular weight excluding hydrogens is 234 g/mol. The predicted octanol–water partition coefficient (Wildman–Crippen LogP) is 3.63. The Morgan fingerprint density at radius 3 is 2.00 bits per heavy atom. The normalized spacial score (nSPS) is 10.6. The first-order valence-electron chi connectivity index (χ1n) is 6.44. The Hall–Kier alpha value is -2.42. The van der Waals surface area contributed by atoms with Gasteiger partial charge in [0.2, 0.25) is 0 Å². The molecule has 0 aliphatic carbocycles. The minimum absolute atomic E-state index is 0.810. The molecule has 3 nitrogen and oxygen atoms in total. The van der Waals surface area contributed by atoms with Crippen molar-refractivity contribution in [3.8, 4) is 22.5 Å². The monoisotopic (exact) mass is 249 g/mol. The van der Waals surface area contributed by atoms with Gasteiger partial charge in [0.05, 0.1) is 5.69 Å². The number of benzene rings is 2. The lowest BCUT2D eigenvalue weighted by molar-refractivity contribution is 0.633. The molecule has 1 aromatic heterocycles. The molecule has 0 saturated heterocycles. The summed E-state index contributed by atoms with van der Waals surface area (Å²) < 4.78 is 1.94. The molecule has 0 atom stereocenters. The number of rotatable bonds is 3. The van der Waals surface area contributed by atoms with Crippen molar-refractivity contribution in [2.24, 2.45) is 0 Å². The van der Waals surface area contributed by atoms with Crippen LogP contribution in [0.25, 0.3) is 22.5 Å². The maximum atomic E-state index is 4.35. The molecule has 94 valence electrons. The minimum Gasteiger partial charge on any atom is -0.244 e. The molecule has 0 aliphatic heterocycles. The van der Waals surface area contributed by atoms with E-state index in [1.165, 1.54) is 0 Å². The van der Waals surface area contributed by atoms with Crippen LogP contribution in [0.15, 0.2) is 60.7 Å². The third kappa shape index (κ3) is 2.15. The summed E-state index contributed by atoms with van der Waals surface area (Å²) in [7, 11) is 0. The van der Waals surface area contributed by atoms with Gasteiger partial charge in [-0.05, 0) is 6.92 Å². The molecule has 0 spiro atoms. The molecule has 2 aromatic carbocycles. The van der Waals surface area contributed by atoms with Crippen LogP contribution >= 0.6 is 0 Å². The van der Waals surface area contributed by atoms with E-state index >= 15 is 0 Å². The summed E-state index contributed by atoms with van der Waals surface area (Å²) in [6.07, 6.45) is 0. The average molecular weight is 249 g/mol. The fourth-order valence-electron chi connectivity index (χ4n) is 2.21. The number of aromatic nitrogens is 3. The van der Waals surface area contributed by atoms with Gasteiger partial charge in [-0.1, -0.05) is 65.9 Å². The fourth-order valence-corrected chi connectivity index (χ4v) is 2.21. The molecule has 0 saturated carbocycles. The maximum Gasteiger partial charge on any atom is 0.121 e. The molecule has 19 heavy (non-hydrogen) atoms. The average Bonchev–Trinajstić information content (AvgIpc) is 2.93. The van der Waals surface area contributed by atoms with Crippen LogP contribution in [0.4, 0.5) is 0 Å². The fraction of sp³-hybridized carbons (Fsp3) is 0.125. The molecule has 3 heteroatoms. The Bertz CT molecular complexity index is 657. The van der Waals surface area contributed by atoms with Crippen LogP contribution in [-0.4, -0.2) is 15.0 Å². The molecule has 0 radical (unpaired) electrons. The largest absolute Gasteiger partial charge is 0.244 e. The molecule has 0 aliphatic rings. The molecule has 0 N–H and O–H groups in total. The van der Waals surface area contributed by atoms with Crippen molar-refractivity contribution < 1.29 is 0 Å². The van der Waals surface area contributed by atoms with Gasteiger partial charge in [-0.2, -0.15) is 0 Å². The number of hydrogen-bond donors (Lipinski definition) is 0. The van der Waals surface area contributed by atoms with Gasteiger partial charge >= 0.3 is 0 Å². The van der Waals surface area contributed by atoms with Crippen molar-refractivity contribution in [1.82, 2.24) is 15.0 Å². The lowest BCUT2D eigenvalue weighted by atomic mass is 10.0. The molecule has 3 rings (SSSR count). The van der Waals surface area contributed by atoms with Crippen molar-refractivity contribution in [2.45, 2.75) is 13.5 Å². The lowest BCUT2D eigenvalue weighted by Crippen LogP contribution is -1.99. The third-order valence-electron chi connectivity index (χ3n) is 3.13.